The van der Waals surface area contributed by atoms with Gasteiger partial charge in [-0.25, -0.2) is 4.98 Å². The van der Waals surface area contributed by atoms with Crippen molar-refractivity contribution in [2.75, 3.05) is 12.3 Å². The number of nitrogen functional groups attached to an aromatic ring is 1. The summed E-state index contributed by atoms with van der Waals surface area (Å²) in [6.07, 6.45) is 22.0. The van der Waals surface area contributed by atoms with E-state index in [1.165, 1.54) is 83.4 Å². The topological polar surface area (TPSA) is 168 Å². The number of hydrogen-bond acceptors (Lipinski definition) is 9. The highest BCUT2D eigenvalue weighted by Gasteiger charge is 2.25. The van der Waals surface area contributed by atoms with Crippen LogP contribution < -0.4 is 17.0 Å². The van der Waals surface area contributed by atoms with E-state index in [0.717, 1.165) is 25.7 Å². The number of nitrogens with one attached hydrogen (secondary N) is 1. The molecule has 0 aliphatic heterocycles. The molecule has 0 aromatic carbocycles. The molecule has 11 nitrogen and oxygen atoms in total. The largest absolute Gasteiger partial charge is 0.466 e. The van der Waals surface area contributed by atoms with Crippen LogP contribution in [-0.2, 0) is 25.6 Å². The number of carbonyl (C=O) groups is 2. The van der Waals surface area contributed by atoms with Crippen LogP contribution in [0.25, 0.3) is 11.2 Å². The molecular weight excluding hydrogens is 572 g/mol. The van der Waals surface area contributed by atoms with Gasteiger partial charge >= 0.3 is 11.9 Å². The van der Waals surface area contributed by atoms with E-state index in [4.69, 9.17) is 20.9 Å². The second-order valence-corrected chi connectivity index (χ2v) is 12.5. The number of nitrogens with two attached hydrogens (primary N) is 2. The summed E-state index contributed by atoms with van der Waals surface area (Å²) in [7, 11) is 0. The molecule has 0 fully saturated rings. The van der Waals surface area contributed by atoms with Crippen molar-refractivity contribution in [2.24, 2.45) is 11.7 Å². The number of carbonyl (C=O) groups excluding carboxylic acids is 2. The minimum atomic E-state index is -0.737. The zero-order valence-electron chi connectivity index (χ0n) is 28.2. The van der Waals surface area contributed by atoms with Crippen LogP contribution in [0.5, 0.6) is 0 Å². The minimum Gasteiger partial charge on any atom is -0.466 e. The lowest BCUT2D eigenvalue weighted by Crippen LogP contribution is -2.40. The second kappa shape index (κ2) is 22.5. The van der Waals surface area contributed by atoms with Crippen LogP contribution in [0.1, 0.15) is 143 Å². The summed E-state index contributed by atoms with van der Waals surface area (Å²) in [6.45, 7) is 6.65. The molecule has 2 aromatic heterocycles. The molecule has 45 heavy (non-hydrogen) atoms. The third-order valence-electron chi connectivity index (χ3n) is 8.68. The Hall–Kier alpha value is -2.95. The third kappa shape index (κ3) is 15.3. The lowest BCUT2D eigenvalue weighted by Gasteiger charge is -2.23. The quantitative estimate of drug-likeness (QED) is 0.0767. The number of aryl methyl sites for hydroxylation is 1. The Labute approximate surface area is 269 Å². The molecule has 0 amide bonds. The number of imidazole rings is 1. The first-order valence-electron chi connectivity index (χ1n) is 17.6. The van der Waals surface area contributed by atoms with E-state index in [-0.39, 0.29) is 30.0 Å². The first-order valence-corrected chi connectivity index (χ1v) is 17.6. The van der Waals surface area contributed by atoms with Crippen LogP contribution in [0.4, 0.5) is 5.95 Å². The molecule has 0 aliphatic carbocycles. The molecule has 0 saturated heterocycles. The van der Waals surface area contributed by atoms with Gasteiger partial charge in [-0.2, -0.15) is 4.98 Å². The maximum Gasteiger partial charge on any atom is 0.323 e. The third-order valence-corrected chi connectivity index (χ3v) is 8.68. The zero-order valence-corrected chi connectivity index (χ0v) is 28.2. The van der Waals surface area contributed by atoms with E-state index < -0.39 is 23.7 Å². The minimum absolute atomic E-state index is 0.00208. The number of hydrogen-bond donors (Lipinski definition) is 3. The first-order chi connectivity index (χ1) is 21.8. The number of rotatable bonds is 26. The number of ether oxygens (including phenoxy) is 2. The zero-order chi connectivity index (χ0) is 32.9. The number of anilines is 1. The molecule has 2 unspecified atom stereocenters. The van der Waals surface area contributed by atoms with Crippen LogP contribution in [0, 0.1) is 5.92 Å². The first kappa shape index (κ1) is 38.2. The molecule has 0 bridgehead atoms. The summed E-state index contributed by atoms with van der Waals surface area (Å²) in [5, 5.41) is 0. The van der Waals surface area contributed by atoms with Gasteiger partial charge in [0.2, 0.25) is 5.95 Å². The molecular formula is C34H60N6O5. The van der Waals surface area contributed by atoms with Crippen molar-refractivity contribution in [1.82, 2.24) is 19.5 Å². The van der Waals surface area contributed by atoms with Gasteiger partial charge in [0.1, 0.15) is 12.1 Å². The average molecular weight is 633 g/mol. The number of nitrogens with zero attached hydrogens (tertiary/aromatic N) is 3. The van der Waals surface area contributed by atoms with Gasteiger partial charge in [0.25, 0.3) is 5.56 Å². The maximum absolute atomic E-state index is 12.7. The van der Waals surface area contributed by atoms with Gasteiger partial charge in [-0.3, -0.25) is 19.4 Å². The fourth-order valence-corrected chi connectivity index (χ4v) is 5.43. The predicted molar refractivity (Wildman–Crippen MR) is 180 cm³/mol. The normalized spacial score (nSPS) is 13.5. The number of aromatic amines is 1. The summed E-state index contributed by atoms with van der Waals surface area (Å²) in [6, 6.07) is -0.737. The van der Waals surface area contributed by atoms with Crippen LogP contribution in [0.15, 0.2) is 11.1 Å². The van der Waals surface area contributed by atoms with Gasteiger partial charge in [-0.05, 0) is 12.3 Å². The van der Waals surface area contributed by atoms with Crippen LogP contribution >= 0.6 is 0 Å². The SMILES string of the molecule is CCCCCCCCCCCCCCCCCC(=O)OCCC(CCn1cnc2c(=O)[nH]c(N)nc21)OC(=O)[C@@H](N)C(C)CC. The molecule has 5 N–H and O–H groups in total. The summed E-state index contributed by atoms with van der Waals surface area (Å²) < 4.78 is 12.9. The second-order valence-electron chi connectivity index (χ2n) is 12.5. The summed E-state index contributed by atoms with van der Waals surface area (Å²) in [4.78, 5) is 47.9. The monoisotopic (exact) mass is 632 g/mol. The lowest BCUT2D eigenvalue weighted by molar-refractivity contribution is -0.154. The number of unbranched alkanes of at least 4 members (excludes halogenated alkanes) is 14. The van der Waals surface area contributed by atoms with E-state index in [2.05, 4.69) is 21.9 Å². The molecule has 2 heterocycles. The van der Waals surface area contributed by atoms with E-state index in [9.17, 15) is 14.4 Å². The fourth-order valence-electron chi connectivity index (χ4n) is 5.43. The highest BCUT2D eigenvalue weighted by molar-refractivity contribution is 5.76. The van der Waals surface area contributed by atoms with Gasteiger partial charge in [0.15, 0.2) is 11.2 Å². The predicted octanol–water partition coefficient (Wildman–Crippen LogP) is 6.57. The molecule has 0 saturated carbocycles. The number of H-pyrrole nitrogens is 1. The summed E-state index contributed by atoms with van der Waals surface area (Å²) in [5.41, 5.74) is 11.9. The number of aromatic nitrogens is 4. The van der Waals surface area contributed by atoms with Crippen molar-refractivity contribution >= 4 is 29.1 Å². The van der Waals surface area contributed by atoms with Gasteiger partial charge in [-0.15, -0.1) is 0 Å². The maximum atomic E-state index is 12.7. The van der Waals surface area contributed by atoms with Crippen LogP contribution in [0.2, 0.25) is 0 Å². The van der Waals surface area contributed by atoms with E-state index in [0.29, 0.717) is 31.5 Å². The van der Waals surface area contributed by atoms with Crippen molar-refractivity contribution in [3.05, 3.63) is 16.7 Å². The van der Waals surface area contributed by atoms with E-state index in [1.54, 1.807) is 4.57 Å². The lowest BCUT2D eigenvalue weighted by atomic mass is 10.0. The van der Waals surface area contributed by atoms with Gasteiger partial charge in [0.05, 0.1) is 12.9 Å². The van der Waals surface area contributed by atoms with Gasteiger partial charge in [0, 0.05) is 25.8 Å². The highest BCUT2D eigenvalue weighted by Crippen LogP contribution is 2.16. The van der Waals surface area contributed by atoms with Crippen LogP contribution in [-0.4, -0.2) is 50.2 Å². The van der Waals surface area contributed by atoms with Crippen molar-refractivity contribution in [3.63, 3.8) is 0 Å². The Morgan fingerprint density at radius 3 is 2.07 bits per heavy atom. The summed E-state index contributed by atoms with van der Waals surface area (Å²) in [5.74, 6) is -0.738. The summed E-state index contributed by atoms with van der Waals surface area (Å²) >= 11 is 0. The number of esters is 2. The Balaban J connectivity index is 1.66. The number of fused-ring (bicyclic) bond motifs is 1. The van der Waals surface area contributed by atoms with Gasteiger partial charge < -0.3 is 25.5 Å². The molecule has 2 rings (SSSR count). The Kier molecular flexibility index (Phi) is 19.1. The molecule has 0 radical (unpaired) electrons. The molecule has 2 aromatic rings. The standard InChI is InChI=1S/C34H60N6O5/c1-4-6-7-8-9-10-11-12-13-14-15-16-17-18-19-20-28(41)44-24-22-27(45-33(43)29(35)26(3)5-2)21-23-40-25-37-30-31(40)38-34(36)39-32(30)42/h25-27,29H,4-24,35H2,1-3H3,(H3,36,38,39,42)/t26?,27?,29-/m0/s1. The molecule has 3 atom stereocenters. The van der Waals surface area contributed by atoms with Crippen molar-refractivity contribution in [2.45, 2.75) is 161 Å². The van der Waals surface area contributed by atoms with Gasteiger partial charge in [-0.1, -0.05) is 117 Å². The molecule has 0 spiro atoms. The average Bonchev–Trinajstić information content (AvgIpc) is 3.43. The Morgan fingerprint density at radius 2 is 1.49 bits per heavy atom. The highest BCUT2D eigenvalue weighted by atomic mass is 16.6. The van der Waals surface area contributed by atoms with Crippen molar-refractivity contribution in [3.8, 4) is 0 Å². The Morgan fingerprint density at radius 1 is 0.911 bits per heavy atom. The van der Waals surface area contributed by atoms with E-state index in [1.807, 2.05) is 13.8 Å². The molecule has 0 aliphatic rings. The molecule has 256 valence electrons. The van der Waals surface area contributed by atoms with Crippen molar-refractivity contribution < 1.29 is 19.1 Å². The fraction of sp³-hybridized carbons (Fsp3) is 0.794. The van der Waals surface area contributed by atoms with E-state index >= 15 is 0 Å². The molecule has 11 heteroatoms. The smallest absolute Gasteiger partial charge is 0.323 e. The Bertz CT molecular complexity index is 1170. The van der Waals surface area contributed by atoms with Crippen LogP contribution in [0.3, 0.4) is 0 Å². The van der Waals surface area contributed by atoms with Crippen molar-refractivity contribution in [1.29, 1.82) is 0 Å².